The van der Waals surface area contributed by atoms with Crippen molar-refractivity contribution in [3.63, 3.8) is 0 Å². The molecular formula is C21H20N4O2. The molecule has 4 aromatic rings. The van der Waals surface area contributed by atoms with Crippen LogP contribution in [0.2, 0.25) is 0 Å². The minimum Gasteiger partial charge on any atom is -0.459 e. The van der Waals surface area contributed by atoms with Gasteiger partial charge in [0, 0.05) is 11.5 Å². The van der Waals surface area contributed by atoms with Gasteiger partial charge >= 0.3 is 0 Å². The van der Waals surface area contributed by atoms with E-state index in [9.17, 15) is 4.79 Å². The third-order valence-electron chi connectivity index (χ3n) is 4.48. The van der Waals surface area contributed by atoms with Crippen molar-refractivity contribution in [1.29, 1.82) is 0 Å². The summed E-state index contributed by atoms with van der Waals surface area (Å²) in [7, 11) is 0. The Morgan fingerprint density at radius 2 is 1.89 bits per heavy atom. The van der Waals surface area contributed by atoms with Gasteiger partial charge in [0.15, 0.2) is 11.6 Å². The fourth-order valence-corrected chi connectivity index (χ4v) is 3.28. The van der Waals surface area contributed by atoms with Crippen LogP contribution in [0.15, 0.2) is 47.1 Å². The van der Waals surface area contributed by atoms with Crippen LogP contribution in [0.1, 0.15) is 32.9 Å². The summed E-state index contributed by atoms with van der Waals surface area (Å²) in [6, 6.07) is 11.3. The van der Waals surface area contributed by atoms with Crippen LogP contribution < -0.4 is 5.32 Å². The molecule has 1 amide bonds. The topological polar surface area (TPSA) is 73.0 Å². The molecule has 0 bridgehead atoms. The van der Waals surface area contributed by atoms with Crippen molar-refractivity contribution in [2.75, 3.05) is 5.32 Å². The van der Waals surface area contributed by atoms with Crippen molar-refractivity contribution in [2.24, 2.45) is 0 Å². The predicted octanol–water partition coefficient (Wildman–Crippen LogP) is 4.50. The van der Waals surface area contributed by atoms with E-state index >= 15 is 0 Å². The summed E-state index contributed by atoms with van der Waals surface area (Å²) in [6.45, 7) is 8.07. The molecule has 1 aromatic carbocycles. The molecule has 4 rings (SSSR count). The summed E-state index contributed by atoms with van der Waals surface area (Å²) in [5.74, 6) is 1.12. The lowest BCUT2D eigenvalue weighted by Gasteiger charge is -2.12. The molecule has 0 radical (unpaired) electrons. The second-order valence-electron chi connectivity index (χ2n) is 6.79. The zero-order chi connectivity index (χ0) is 19.1. The number of furan rings is 1. The maximum atomic E-state index is 12.4. The first-order chi connectivity index (χ1) is 12.9. The Morgan fingerprint density at radius 1 is 1.07 bits per heavy atom. The minimum atomic E-state index is -0.328. The van der Waals surface area contributed by atoms with E-state index in [1.54, 1.807) is 16.8 Å². The molecule has 0 aliphatic carbocycles. The number of rotatable bonds is 3. The van der Waals surface area contributed by atoms with Crippen molar-refractivity contribution in [2.45, 2.75) is 27.7 Å². The monoisotopic (exact) mass is 360 g/mol. The summed E-state index contributed by atoms with van der Waals surface area (Å²) >= 11 is 0. The normalized spacial score (nSPS) is 11.1. The molecule has 6 heteroatoms. The molecule has 6 nitrogen and oxygen atoms in total. The highest BCUT2D eigenvalue weighted by Gasteiger charge is 2.16. The number of amides is 1. The van der Waals surface area contributed by atoms with Gasteiger partial charge in [0.25, 0.3) is 5.91 Å². The molecular weight excluding hydrogens is 340 g/mol. The Morgan fingerprint density at radius 3 is 2.63 bits per heavy atom. The number of nitrogens with zero attached hydrogens (tertiary/aromatic N) is 3. The zero-order valence-electron chi connectivity index (χ0n) is 15.7. The van der Waals surface area contributed by atoms with Gasteiger partial charge in [-0.3, -0.25) is 4.79 Å². The van der Waals surface area contributed by atoms with Gasteiger partial charge in [0.2, 0.25) is 0 Å². The van der Waals surface area contributed by atoms with Crippen molar-refractivity contribution < 1.29 is 9.21 Å². The Bertz CT molecular complexity index is 1160. The van der Waals surface area contributed by atoms with Crippen LogP contribution in [0, 0.1) is 27.7 Å². The minimum absolute atomic E-state index is 0.245. The summed E-state index contributed by atoms with van der Waals surface area (Å²) in [5, 5.41) is 8.50. The average Bonchev–Trinajstić information content (AvgIpc) is 3.25. The molecule has 0 aliphatic rings. The Balaban J connectivity index is 1.81. The van der Waals surface area contributed by atoms with E-state index < -0.39 is 0 Å². The van der Waals surface area contributed by atoms with E-state index in [0.29, 0.717) is 11.6 Å². The number of nitrogens with one attached hydrogen (secondary N) is 1. The van der Waals surface area contributed by atoms with E-state index in [1.165, 1.54) is 11.8 Å². The van der Waals surface area contributed by atoms with Crippen molar-refractivity contribution >= 4 is 22.6 Å². The number of carbonyl (C=O) groups excluding carboxylic acids is 1. The summed E-state index contributed by atoms with van der Waals surface area (Å²) in [4.78, 5) is 17.2. The van der Waals surface area contributed by atoms with Crippen LogP contribution in [0.25, 0.3) is 16.7 Å². The summed E-state index contributed by atoms with van der Waals surface area (Å²) in [6.07, 6.45) is 1.47. The first kappa shape index (κ1) is 17.0. The first-order valence-electron chi connectivity index (χ1n) is 8.73. The lowest BCUT2D eigenvalue weighted by Crippen LogP contribution is -2.15. The highest BCUT2D eigenvalue weighted by atomic mass is 16.3. The summed E-state index contributed by atoms with van der Waals surface area (Å²) < 4.78 is 6.82. The molecule has 1 N–H and O–H groups in total. The van der Waals surface area contributed by atoms with Gasteiger partial charge < -0.3 is 9.73 Å². The number of aromatic nitrogens is 3. The number of hydrogen-bond acceptors (Lipinski definition) is 4. The van der Waals surface area contributed by atoms with Gasteiger partial charge in [-0.2, -0.15) is 9.78 Å². The molecule has 136 valence electrons. The van der Waals surface area contributed by atoms with E-state index in [1.807, 2.05) is 19.1 Å². The number of aryl methyl sites for hydroxylation is 4. The van der Waals surface area contributed by atoms with Crippen LogP contribution in [-0.2, 0) is 0 Å². The van der Waals surface area contributed by atoms with Crippen LogP contribution >= 0.6 is 0 Å². The van der Waals surface area contributed by atoms with E-state index in [4.69, 9.17) is 9.40 Å². The Labute approximate surface area is 156 Å². The van der Waals surface area contributed by atoms with Gasteiger partial charge in [-0.25, -0.2) is 4.98 Å². The maximum absolute atomic E-state index is 12.4. The van der Waals surface area contributed by atoms with Gasteiger partial charge in [0.05, 0.1) is 17.5 Å². The van der Waals surface area contributed by atoms with Gasteiger partial charge in [-0.1, -0.05) is 11.6 Å². The molecule has 0 aliphatic heterocycles. The summed E-state index contributed by atoms with van der Waals surface area (Å²) in [5.41, 5.74) is 5.15. The number of hydrogen-bond donors (Lipinski definition) is 1. The van der Waals surface area contributed by atoms with E-state index in [0.717, 1.165) is 27.7 Å². The fraction of sp³-hybridized carbons (Fsp3) is 0.190. The Kier molecular flexibility index (Phi) is 4.03. The third-order valence-corrected chi connectivity index (χ3v) is 4.48. The average molecular weight is 360 g/mol. The van der Waals surface area contributed by atoms with Crippen LogP contribution in [-0.4, -0.2) is 20.7 Å². The quantitative estimate of drug-likeness (QED) is 0.584. The molecule has 0 fully saturated rings. The SMILES string of the molecule is Cc1cc(C)c2nc(-n3nc(C)cc3NC(=O)c3ccco3)cc(C)c2c1. The molecule has 3 aromatic heterocycles. The largest absolute Gasteiger partial charge is 0.459 e. The number of anilines is 1. The zero-order valence-corrected chi connectivity index (χ0v) is 15.7. The molecule has 0 saturated carbocycles. The number of carbonyl (C=O) groups is 1. The van der Waals surface area contributed by atoms with Crippen molar-refractivity contribution in [3.05, 3.63) is 70.8 Å². The fourth-order valence-electron chi connectivity index (χ4n) is 3.28. The second kappa shape index (κ2) is 6.39. The molecule has 0 unspecified atom stereocenters. The number of benzene rings is 1. The predicted molar refractivity (Wildman–Crippen MR) is 104 cm³/mol. The van der Waals surface area contributed by atoms with Crippen LogP contribution in [0.4, 0.5) is 5.82 Å². The van der Waals surface area contributed by atoms with Gasteiger partial charge in [0.1, 0.15) is 5.82 Å². The first-order valence-corrected chi connectivity index (χ1v) is 8.73. The van der Waals surface area contributed by atoms with E-state index in [-0.39, 0.29) is 11.7 Å². The smallest absolute Gasteiger partial charge is 0.292 e. The molecule has 27 heavy (non-hydrogen) atoms. The van der Waals surface area contributed by atoms with Crippen molar-refractivity contribution in [3.8, 4) is 5.82 Å². The molecule has 3 heterocycles. The van der Waals surface area contributed by atoms with Gasteiger partial charge in [-0.05, 0) is 63.1 Å². The second-order valence-corrected chi connectivity index (χ2v) is 6.79. The van der Waals surface area contributed by atoms with Crippen LogP contribution in [0.3, 0.4) is 0 Å². The molecule has 0 spiro atoms. The number of fused-ring (bicyclic) bond motifs is 1. The molecule has 0 saturated heterocycles. The highest BCUT2D eigenvalue weighted by molar-refractivity contribution is 6.01. The standard InChI is InChI=1S/C21H20N4O2/c1-12-8-14(3)20-16(9-12)13(2)10-18(22-20)25-19(11-15(4)24-25)23-21(26)17-6-5-7-27-17/h5-11H,1-4H3,(H,23,26). The Hall–Kier alpha value is -3.41. The number of pyridine rings is 1. The maximum Gasteiger partial charge on any atom is 0.292 e. The van der Waals surface area contributed by atoms with Crippen molar-refractivity contribution in [1.82, 2.24) is 14.8 Å². The lowest BCUT2D eigenvalue weighted by molar-refractivity contribution is 0.0996. The van der Waals surface area contributed by atoms with Crippen LogP contribution in [0.5, 0.6) is 0 Å². The lowest BCUT2D eigenvalue weighted by atomic mass is 10.0. The van der Waals surface area contributed by atoms with Gasteiger partial charge in [-0.15, -0.1) is 0 Å². The highest BCUT2D eigenvalue weighted by Crippen LogP contribution is 2.26. The molecule has 0 atom stereocenters. The van der Waals surface area contributed by atoms with E-state index in [2.05, 4.69) is 43.3 Å². The third kappa shape index (κ3) is 3.10.